The van der Waals surface area contributed by atoms with Crippen LogP contribution in [0.4, 0.5) is 4.79 Å². The zero-order valence-electron chi connectivity index (χ0n) is 18.2. The van der Waals surface area contributed by atoms with Gasteiger partial charge in [-0.3, -0.25) is 4.79 Å². The molecule has 2 aromatic carbocycles. The summed E-state index contributed by atoms with van der Waals surface area (Å²) in [6, 6.07) is 14.3. The highest BCUT2D eigenvalue weighted by atomic mass is 16.5. The molecule has 4 N–H and O–H groups in total. The smallest absolute Gasteiger partial charge is 0.407 e. The van der Waals surface area contributed by atoms with Crippen molar-refractivity contribution >= 4 is 18.0 Å². The first-order valence-electron chi connectivity index (χ1n) is 11.2. The first kappa shape index (κ1) is 22.8. The van der Waals surface area contributed by atoms with Gasteiger partial charge in [-0.1, -0.05) is 61.4 Å². The van der Waals surface area contributed by atoms with E-state index in [4.69, 9.17) is 9.84 Å². The normalized spacial score (nSPS) is 20.3. The summed E-state index contributed by atoms with van der Waals surface area (Å²) in [6.07, 6.45) is 2.17. The van der Waals surface area contributed by atoms with Gasteiger partial charge < -0.3 is 25.6 Å². The molecular weight excluding hydrogens is 424 g/mol. The number of carboxylic acids is 1. The maximum atomic E-state index is 12.6. The number of hydrogen-bond donors (Lipinski definition) is 4. The number of rotatable bonds is 7. The molecule has 0 radical (unpaired) electrons. The van der Waals surface area contributed by atoms with Crippen LogP contribution in [0, 0.1) is 5.92 Å². The molecule has 1 saturated carbocycles. The number of aliphatic carboxylic acids is 1. The minimum atomic E-state index is -1.37. The number of aliphatic hydroxyl groups is 1. The molecule has 0 spiro atoms. The van der Waals surface area contributed by atoms with Crippen molar-refractivity contribution in [2.24, 2.45) is 5.92 Å². The largest absolute Gasteiger partial charge is 0.480 e. The Labute approximate surface area is 192 Å². The van der Waals surface area contributed by atoms with Crippen LogP contribution in [-0.4, -0.2) is 53.5 Å². The molecule has 1 fully saturated rings. The molecule has 2 aliphatic carbocycles. The maximum Gasteiger partial charge on any atom is 0.407 e. The quantitative estimate of drug-likeness (QED) is 0.512. The summed E-state index contributed by atoms with van der Waals surface area (Å²) in [4.78, 5) is 36.4. The van der Waals surface area contributed by atoms with E-state index in [9.17, 15) is 19.5 Å². The van der Waals surface area contributed by atoms with Gasteiger partial charge in [0.1, 0.15) is 12.6 Å². The average Bonchev–Trinajstić information content (AvgIpc) is 3.15. The second-order valence-electron chi connectivity index (χ2n) is 8.55. The Balaban J connectivity index is 1.39. The Morgan fingerprint density at radius 2 is 1.58 bits per heavy atom. The van der Waals surface area contributed by atoms with Crippen molar-refractivity contribution in [2.75, 3.05) is 13.2 Å². The predicted octanol–water partition coefficient (Wildman–Crippen LogP) is 2.65. The second-order valence-corrected chi connectivity index (χ2v) is 8.55. The van der Waals surface area contributed by atoms with Gasteiger partial charge in [-0.15, -0.1) is 0 Å². The van der Waals surface area contributed by atoms with Gasteiger partial charge in [0.25, 0.3) is 0 Å². The first-order valence-corrected chi connectivity index (χ1v) is 11.2. The molecule has 3 unspecified atom stereocenters. The van der Waals surface area contributed by atoms with E-state index in [1.54, 1.807) is 0 Å². The molecule has 2 aliphatic rings. The minimum Gasteiger partial charge on any atom is -0.480 e. The lowest BCUT2D eigenvalue weighted by Gasteiger charge is -2.31. The van der Waals surface area contributed by atoms with E-state index in [0.29, 0.717) is 12.8 Å². The Kier molecular flexibility index (Phi) is 6.93. The van der Waals surface area contributed by atoms with Gasteiger partial charge in [0.2, 0.25) is 5.91 Å². The summed E-state index contributed by atoms with van der Waals surface area (Å²) >= 11 is 0. The van der Waals surface area contributed by atoms with Crippen LogP contribution in [0.5, 0.6) is 0 Å². The summed E-state index contributed by atoms with van der Waals surface area (Å²) in [7, 11) is 0. The Morgan fingerprint density at radius 3 is 2.18 bits per heavy atom. The zero-order chi connectivity index (χ0) is 23.4. The van der Waals surface area contributed by atoms with Crippen molar-refractivity contribution in [3.8, 4) is 11.1 Å². The molecule has 0 aliphatic heterocycles. The second kappa shape index (κ2) is 10.0. The molecule has 0 saturated heterocycles. The number of hydrogen-bond acceptors (Lipinski definition) is 5. The number of alkyl carbamates (subject to hydrolysis) is 1. The predicted molar refractivity (Wildman–Crippen MR) is 121 cm³/mol. The third-order valence-corrected chi connectivity index (χ3v) is 6.55. The number of carboxylic acid groups (broad SMARTS) is 1. The fourth-order valence-corrected chi connectivity index (χ4v) is 4.87. The fraction of sp³-hybridized carbons (Fsp3) is 0.400. The Hall–Kier alpha value is -3.39. The highest BCUT2D eigenvalue weighted by Gasteiger charge is 2.35. The van der Waals surface area contributed by atoms with Crippen LogP contribution in [0.2, 0.25) is 0 Å². The van der Waals surface area contributed by atoms with Crippen LogP contribution in [0.3, 0.4) is 0 Å². The van der Waals surface area contributed by atoms with Crippen LogP contribution in [0.1, 0.15) is 42.7 Å². The number of fused-ring (bicyclic) bond motifs is 3. The molecule has 33 heavy (non-hydrogen) atoms. The Morgan fingerprint density at radius 1 is 0.970 bits per heavy atom. The number of ether oxygens (including phenoxy) is 1. The van der Waals surface area contributed by atoms with Gasteiger partial charge in [0.15, 0.2) is 0 Å². The van der Waals surface area contributed by atoms with E-state index in [0.717, 1.165) is 35.1 Å². The molecule has 8 nitrogen and oxygen atoms in total. The van der Waals surface area contributed by atoms with Crippen LogP contribution in [0.25, 0.3) is 11.1 Å². The van der Waals surface area contributed by atoms with Gasteiger partial charge in [-0.25, -0.2) is 9.59 Å². The average molecular weight is 453 g/mol. The first-order chi connectivity index (χ1) is 16.0. The van der Waals surface area contributed by atoms with Crippen LogP contribution in [0.15, 0.2) is 48.5 Å². The lowest BCUT2D eigenvalue weighted by atomic mass is 9.83. The van der Waals surface area contributed by atoms with Crippen molar-refractivity contribution in [1.82, 2.24) is 10.6 Å². The lowest BCUT2D eigenvalue weighted by Crippen LogP contribution is -2.52. The van der Waals surface area contributed by atoms with Crippen LogP contribution >= 0.6 is 0 Å². The van der Waals surface area contributed by atoms with E-state index in [-0.39, 0.29) is 12.5 Å². The van der Waals surface area contributed by atoms with Gasteiger partial charge in [-0.05, 0) is 35.1 Å². The molecule has 8 heteroatoms. The van der Waals surface area contributed by atoms with Gasteiger partial charge in [0, 0.05) is 12.0 Å². The van der Waals surface area contributed by atoms with Crippen molar-refractivity contribution in [3.05, 3.63) is 59.7 Å². The molecular formula is C25H28N2O6. The zero-order valence-corrected chi connectivity index (χ0v) is 18.2. The number of carbonyl (C=O) groups is 3. The van der Waals surface area contributed by atoms with Gasteiger partial charge >= 0.3 is 12.1 Å². The number of nitrogens with one attached hydrogen (secondary N) is 2. The van der Waals surface area contributed by atoms with E-state index >= 15 is 0 Å². The monoisotopic (exact) mass is 452 g/mol. The number of carbonyl (C=O) groups excluding carboxylic acids is 2. The maximum absolute atomic E-state index is 12.6. The Bertz CT molecular complexity index is 994. The summed E-state index contributed by atoms with van der Waals surface area (Å²) < 4.78 is 5.60. The number of aliphatic hydroxyl groups excluding tert-OH is 1. The summed E-state index contributed by atoms with van der Waals surface area (Å²) in [6.45, 7) is -0.521. The van der Waals surface area contributed by atoms with E-state index in [1.165, 1.54) is 0 Å². The lowest BCUT2D eigenvalue weighted by molar-refractivity contribution is -0.144. The van der Waals surface area contributed by atoms with Gasteiger partial charge in [-0.2, -0.15) is 0 Å². The van der Waals surface area contributed by atoms with Crippen molar-refractivity contribution in [1.29, 1.82) is 0 Å². The highest BCUT2D eigenvalue weighted by molar-refractivity contribution is 5.86. The number of amides is 2. The molecule has 4 rings (SSSR count). The summed E-state index contributed by atoms with van der Waals surface area (Å²) in [5.41, 5.74) is 4.52. The van der Waals surface area contributed by atoms with Crippen LogP contribution < -0.4 is 10.6 Å². The van der Waals surface area contributed by atoms with Crippen LogP contribution in [-0.2, 0) is 14.3 Å². The van der Waals surface area contributed by atoms with Crippen molar-refractivity contribution in [3.63, 3.8) is 0 Å². The molecule has 0 heterocycles. The molecule has 0 aromatic heterocycles. The standard InChI is InChI=1S/C25H28N2O6/c28-13-22(24(30)31)26-23(29)19-11-5-6-12-21(19)27-25(32)33-14-20-17-9-3-1-7-15(17)16-8-2-4-10-18(16)20/h1-4,7-10,19-22,28H,5-6,11-14H2,(H,26,29)(H,27,32)(H,30,31). The molecule has 2 amide bonds. The summed E-state index contributed by atoms with van der Waals surface area (Å²) in [5.74, 6) is -2.43. The van der Waals surface area contributed by atoms with Crippen molar-refractivity contribution in [2.45, 2.75) is 43.7 Å². The van der Waals surface area contributed by atoms with E-state index in [2.05, 4.69) is 22.8 Å². The van der Waals surface area contributed by atoms with E-state index < -0.39 is 42.6 Å². The minimum absolute atomic E-state index is 0.0607. The third kappa shape index (κ3) is 4.85. The van der Waals surface area contributed by atoms with Crippen molar-refractivity contribution < 1.29 is 29.3 Å². The summed E-state index contributed by atoms with van der Waals surface area (Å²) in [5, 5.41) is 23.4. The SMILES string of the molecule is O=C(NC1CCCCC1C(=O)NC(CO)C(=O)O)OCC1c2ccccc2-c2ccccc21. The molecule has 2 aromatic rings. The molecule has 3 atom stereocenters. The number of benzene rings is 2. The third-order valence-electron chi connectivity index (χ3n) is 6.55. The van der Waals surface area contributed by atoms with E-state index in [1.807, 2.05) is 36.4 Å². The topological polar surface area (TPSA) is 125 Å². The highest BCUT2D eigenvalue weighted by Crippen LogP contribution is 2.44. The molecule has 174 valence electrons. The van der Waals surface area contributed by atoms with Gasteiger partial charge in [0.05, 0.1) is 12.5 Å². The molecule has 0 bridgehead atoms. The fourth-order valence-electron chi connectivity index (χ4n) is 4.87.